The third-order valence-electron chi connectivity index (χ3n) is 5.51. The number of benzene rings is 3. The van der Waals surface area contributed by atoms with E-state index in [0.717, 1.165) is 5.56 Å². The molecule has 0 unspecified atom stereocenters. The number of unbranched alkanes of at least 4 members (excludes halogenated alkanes) is 2. The number of esters is 1. The predicted octanol–water partition coefficient (Wildman–Crippen LogP) is 5.21. The molecule has 3 aromatic rings. The first-order valence-electron chi connectivity index (χ1n) is 12.3. The molecule has 3 rings (SSSR count). The molecule has 2 amide bonds. The molecule has 196 valence electrons. The van der Waals surface area contributed by atoms with Crippen molar-refractivity contribution < 1.29 is 23.9 Å². The summed E-state index contributed by atoms with van der Waals surface area (Å²) in [5.41, 5.74) is 1.79. The second kappa shape index (κ2) is 15.1. The molecule has 0 bridgehead atoms. The van der Waals surface area contributed by atoms with Gasteiger partial charge in [-0.1, -0.05) is 66.6 Å². The van der Waals surface area contributed by atoms with Crippen LogP contribution in [0.4, 0.5) is 0 Å². The van der Waals surface area contributed by atoms with E-state index >= 15 is 0 Å². The standard InChI is InChI=1S/C30H29ClN2O5/c31-25-17-15-23(16-18-25)27(34)21-38-28(35)14-8-3-9-19-32-30(37)26(20-22-10-4-1-5-11-22)33-29(36)24-12-6-2-7-13-24/h1-2,4-7,10-13,15-18,20H,3,8-9,14,19,21H2,(H,32,37)(H,33,36)/b26-20+. The van der Waals surface area contributed by atoms with Crippen LogP contribution in [0.2, 0.25) is 5.02 Å². The zero-order valence-electron chi connectivity index (χ0n) is 20.8. The summed E-state index contributed by atoms with van der Waals surface area (Å²) in [6.07, 6.45) is 3.66. The quantitative estimate of drug-likeness (QED) is 0.136. The number of Topliss-reactive ketones (excluding diaryl/α,β-unsaturated/α-hetero) is 1. The van der Waals surface area contributed by atoms with Crippen molar-refractivity contribution in [1.29, 1.82) is 0 Å². The number of amides is 2. The number of rotatable bonds is 13. The Morgan fingerprint density at radius 1 is 0.763 bits per heavy atom. The Bertz CT molecular complexity index is 1260. The van der Waals surface area contributed by atoms with E-state index in [1.54, 1.807) is 54.6 Å². The number of hydrogen-bond acceptors (Lipinski definition) is 5. The number of carbonyl (C=O) groups excluding carboxylic acids is 4. The Kier molecular flexibility index (Phi) is 11.3. The van der Waals surface area contributed by atoms with Crippen LogP contribution in [0.25, 0.3) is 6.08 Å². The first-order valence-corrected chi connectivity index (χ1v) is 12.7. The van der Waals surface area contributed by atoms with Crippen LogP contribution in [-0.2, 0) is 14.3 Å². The van der Waals surface area contributed by atoms with E-state index in [1.165, 1.54) is 0 Å². The van der Waals surface area contributed by atoms with Gasteiger partial charge in [-0.15, -0.1) is 0 Å². The van der Waals surface area contributed by atoms with Crippen molar-refractivity contribution >= 4 is 41.2 Å². The molecule has 8 heteroatoms. The highest BCUT2D eigenvalue weighted by molar-refractivity contribution is 6.30. The molecule has 7 nitrogen and oxygen atoms in total. The Labute approximate surface area is 226 Å². The van der Waals surface area contributed by atoms with Crippen LogP contribution in [0.15, 0.2) is 90.6 Å². The lowest BCUT2D eigenvalue weighted by Crippen LogP contribution is -2.35. The van der Waals surface area contributed by atoms with E-state index < -0.39 is 11.9 Å². The van der Waals surface area contributed by atoms with Gasteiger partial charge < -0.3 is 15.4 Å². The van der Waals surface area contributed by atoms with Gasteiger partial charge in [-0.3, -0.25) is 19.2 Å². The maximum atomic E-state index is 12.8. The van der Waals surface area contributed by atoms with Gasteiger partial charge in [0.2, 0.25) is 0 Å². The van der Waals surface area contributed by atoms with Gasteiger partial charge in [-0.05, 0) is 60.9 Å². The molecule has 2 N–H and O–H groups in total. The molecule has 0 aromatic heterocycles. The average Bonchev–Trinajstić information content (AvgIpc) is 2.94. The Morgan fingerprint density at radius 3 is 2.11 bits per heavy atom. The first kappa shape index (κ1) is 28.3. The molecule has 3 aromatic carbocycles. The van der Waals surface area contributed by atoms with Crippen LogP contribution in [0.3, 0.4) is 0 Å². The van der Waals surface area contributed by atoms with Crippen molar-refractivity contribution in [2.75, 3.05) is 13.2 Å². The lowest BCUT2D eigenvalue weighted by Gasteiger charge is -2.11. The summed E-state index contributed by atoms with van der Waals surface area (Å²) in [6.45, 7) is 0.0536. The van der Waals surface area contributed by atoms with Crippen LogP contribution < -0.4 is 10.6 Å². The first-order chi connectivity index (χ1) is 18.4. The zero-order valence-corrected chi connectivity index (χ0v) is 21.6. The molecule has 0 heterocycles. The van der Waals surface area contributed by atoms with Gasteiger partial charge in [0.1, 0.15) is 5.70 Å². The van der Waals surface area contributed by atoms with Crippen LogP contribution in [0, 0.1) is 0 Å². The van der Waals surface area contributed by atoms with Crippen molar-refractivity contribution in [3.8, 4) is 0 Å². The van der Waals surface area contributed by atoms with E-state index in [2.05, 4.69) is 10.6 Å². The highest BCUT2D eigenvalue weighted by atomic mass is 35.5. The second-order valence-electron chi connectivity index (χ2n) is 8.45. The fourth-order valence-electron chi connectivity index (χ4n) is 3.46. The smallest absolute Gasteiger partial charge is 0.306 e. The van der Waals surface area contributed by atoms with Crippen molar-refractivity contribution in [3.05, 3.63) is 112 Å². The molecule has 0 fully saturated rings. The van der Waals surface area contributed by atoms with Crippen molar-refractivity contribution in [2.45, 2.75) is 25.7 Å². The summed E-state index contributed by atoms with van der Waals surface area (Å²) >= 11 is 5.81. The van der Waals surface area contributed by atoms with E-state index in [9.17, 15) is 19.2 Å². The summed E-state index contributed by atoms with van der Waals surface area (Å²) in [7, 11) is 0. The predicted molar refractivity (Wildman–Crippen MR) is 147 cm³/mol. The lowest BCUT2D eigenvalue weighted by molar-refractivity contribution is -0.142. The van der Waals surface area contributed by atoms with Crippen molar-refractivity contribution in [3.63, 3.8) is 0 Å². The van der Waals surface area contributed by atoms with Gasteiger partial charge >= 0.3 is 5.97 Å². The summed E-state index contributed by atoms with van der Waals surface area (Å²) in [6, 6.07) is 24.3. The van der Waals surface area contributed by atoms with Gasteiger partial charge in [0, 0.05) is 29.1 Å². The average molecular weight is 533 g/mol. The minimum absolute atomic E-state index is 0.138. The highest BCUT2D eigenvalue weighted by Gasteiger charge is 2.14. The molecule has 0 aliphatic carbocycles. The fraction of sp³-hybridized carbons (Fsp3) is 0.200. The van der Waals surface area contributed by atoms with Crippen LogP contribution in [0.1, 0.15) is 52.0 Å². The largest absolute Gasteiger partial charge is 0.457 e. The van der Waals surface area contributed by atoms with Gasteiger partial charge in [0.05, 0.1) is 0 Å². The molecule has 0 saturated carbocycles. The van der Waals surface area contributed by atoms with Gasteiger partial charge in [0.25, 0.3) is 11.8 Å². The third kappa shape index (κ3) is 9.67. The van der Waals surface area contributed by atoms with Crippen LogP contribution in [0.5, 0.6) is 0 Å². The number of ether oxygens (including phenoxy) is 1. The van der Waals surface area contributed by atoms with E-state index in [4.69, 9.17) is 16.3 Å². The second-order valence-corrected chi connectivity index (χ2v) is 8.88. The van der Waals surface area contributed by atoms with Gasteiger partial charge in [0.15, 0.2) is 12.4 Å². The summed E-state index contributed by atoms with van der Waals surface area (Å²) in [5, 5.41) is 6.04. The molecule has 0 atom stereocenters. The molecule has 0 spiro atoms. The highest BCUT2D eigenvalue weighted by Crippen LogP contribution is 2.11. The molecule has 0 aliphatic rings. The molecule has 0 saturated heterocycles. The SMILES string of the molecule is O=C(CCCCCNC(=O)/C(=C\c1ccccc1)NC(=O)c1ccccc1)OCC(=O)c1ccc(Cl)cc1. The topological polar surface area (TPSA) is 102 Å². The number of ketones is 1. The maximum absolute atomic E-state index is 12.8. The van der Waals surface area contributed by atoms with E-state index in [-0.39, 0.29) is 30.4 Å². The summed E-state index contributed by atoms with van der Waals surface area (Å²) in [5.74, 6) is -1.53. The molecule has 38 heavy (non-hydrogen) atoms. The minimum Gasteiger partial charge on any atom is -0.457 e. The summed E-state index contributed by atoms with van der Waals surface area (Å²) < 4.78 is 5.06. The number of carbonyl (C=O) groups is 4. The van der Waals surface area contributed by atoms with Crippen LogP contribution >= 0.6 is 11.6 Å². The number of nitrogens with one attached hydrogen (secondary N) is 2. The molecular weight excluding hydrogens is 504 g/mol. The third-order valence-corrected chi connectivity index (χ3v) is 5.77. The van der Waals surface area contributed by atoms with E-state index in [0.29, 0.717) is 42.0 Å². The van der Waals surface area contributed by atoms with Gasteiger partial charge in [-0.25, -0.2) is 0 Å². The van der Waals surface area contributed by atoms with Gasteiger partial charge in [-0.2, -0.15) is 0 Å². The Hall–Kier alpha value is -4.23. The lowest BCUT2D eigenvalue weighted by atomic mass is 10.1. The zero-order chi connectivity index (χ0) is 27.2. The number of halogens is 1. The van der Waals surface area contributed by atoms with Crippen molar-refractivity contribution in [1.82, 2.24) is 10.6 Å². The normalized spacial score (nSPS) is 10.9. The number of hydrogen-bond donors (Lipinski definition) is 2. The Morgan fingerprint density at radius 2 is 1.42 bits per heavy atom. The summed E-state index contributed by atoms with van der Waals surface area (Å²) in [4.78, 5) is 49.5. The molecular formula is C30H29ClN2O5. The molecule has 0 aliphatic heterocycles. The minimum atomic E-state index is -0.451. The molecule has 0 radical (unpaired) electrons. The van der Waals surface area contributed by atoms with Crippen LogP contribution in [-0.4, -0.2) is 36.7 Å². The van der Waals surface area contributed by atoms with Crippen molar-refractivity contribution in [2.24, 2.45) is 0 Å². The monoisotopic (exact) mass is 532 g/mol. The fourth-order valence-corrected chi connectivity index (χ4v) is 3.59. The Balaban J connectivity index is 1.40. The maximum Gasteiger partial charge on any atom is 0.306 e. The van der Waals surface area contributed by atoms with E-state index in [1.807, 2.05) is 36.4 Å².